The summed E-state index contributed by atoms with van der Waals surface area (Å²) in [6, 6.07) is 0.955. The van der Waals surface area contributed by atoms with Crippen LogP contribution in [-0.4, -0.2) is 47.7 Å². The third-order valence-electron chi connectivity index (χ3n) is 3.77. The monoisotopic (exact) mass is 240 g/mol. The van der Waals surface area contributed by atoms with E-state index < -0.39 is 0 Å². The average Bonchev–Trinajstić information content (AvgIpc) is 3.18. The molecule has 0 aromatic rings. The molecule has 2 fully saturated rings. The molecule has 1 heterocycles. The molecule has 1 atom stereocenters. The van der Waals surface area contributed by atoms with E-state index in [9.17, 15) is 4.79 Å². The number of rotatable bonds is 6. The topological polar surface area (TPSA) is 52.6 Å². The zero-order chi connectivity index (χ0) is 12.1. The first-order valence-electron chi connectivity index (χ1n) is 6.95. The van der Waals surface area contributed by atoms with Crippen molar-refractivity contribution in [3.05, 3.63) is 0 Å². The molecule has 2 aliphatic rings. The molecule has 98 valence electrons. The fourth-order valence-corrected chi connectivity index (χ4v) is 2.62. The van der Waals surface area contributed by atoms with Gasteiger partial charge in [-0.05, 0) is 38.6 Å². The van der Waals surface area contributed by atoms with E-state index in [1.165, 1.54) is 19.3 Å². The Kier molecular flexibility index (Phi) is 4.80. The van der Waals surface area contributed by atoms with Gasteiger partial charge in [0.1, 0.15) is 0 Å². The zero-order valence-corrected chi connectivity index (χ0v) is 10.5. The maximum absolute atomic E-state index is 12.0. The number of nitrogens with zero attached hydrogens (tertiary/aromatic N) is 1. The Morgan fingerprint density at radius 2 is 2.12 bits per heavy atom. The van der Waals surface area contributed by atoms with E-state index in [0.29, 0.717) is 25.0 Å². The Bertz CT molecular complexity index is 248. The van der Waals surface area contributed by atoms with Crippen molar-refractivity contribution in [2.45, 2.75) is 57.0 Å². The predicted octanol–water partition coefficient (Wildman–Crippen LogP) is 0.892. The number of hydrogen-bond donors (Lipinski definition) is 2. The molecule has 0 spiro atoms. The number of carbonyl (C=O) groups excluding carboxylic acids is 1. The lowest BCUT2D eigenvalue weighted by atomic mass is 10.0. The molecule has 0 bridgehead atoms. The Hall–Kier alpha value is -0.610. The minimum atomic E-state index is 0.0872. The van der Waals surface area contributed by atoms with Crippen molar-refractivity contribution in [3.63, 3.8) is 0 Å². The van der Waals surface area contributed by atoms with Gasteiger partial charge < -0.3 is 15.3 Å². The van der Waals surface area contributed by atoms with Crippen LogP contribution in [0.3, 0.4) is 0 Å². The number of piperidine rings is 1. The van der Waals surface area contributed by atoms with Crippen molar-refractivity contribution < 1.29 is 9.90 Å². The second-order valence-corrected chi connectivity index (χ2v) is 5.23. The van der Waals surface area contributed by atoms with Crippen LogP contribution in [0.25, 0.3) is 0 Å². The maximum atomic E-state index is 12.0. The van der Waals surface area contributed by atoms with Gasteiger partial charge in [0.2, 0.25) is 5.91 Å². The third kappa shape index (κ3) is 3.96. The molecule has 1 saturated carbocycles. The van der Waals surface area contributed by atoms with Crippen molar-refractivity contribution >= 4 is 5.91 Å². The summed E-state index contributed by atoms with van der Waals surface area (Å²) < 4.78 is 0. The van der Waals surface area contributed by atoms with Crippen LogP contribution in [0, 0.1) is 0 Å². The van der Waals surface area contributed by atoms with Gasteiger partial charge in [-0.15, -0.1) is 0 Å². The highest BCUT2D eigenvalue weighted by Gasteiger charge is 2.31. The smallest absolute Gasteiger partial charge is 0.222 e. The van der Waals surface area contributed by atoms with Gasteiger partial charge in [0.05, 0.1) is 6.61 Å². The number of carbonyl (C=O) groups is 1. The summed E-state index contributed by atoms with van der Waals surface area (Å²) in [5, 5.41) is 12.4. The molecule has 0 radical (unpaired) electrons. The quantitative estimate of drug-likeness (QED) is 0.725. The molecule has 1 saturated heterocycles. The third-order valence-corrected chi connectivity index (χ3v) is 3.77. The Labute approximate surface area is 103 Å². The highest BCUT2D eigenvalue weighted by molar-refractivity contribution is 5.76. The van der Waals surface area contributed by atoms with Crippen molar-refractivity contribution in [2.24, 2.45) is 0 Å². The van der Waals surface area contributed by atoms with Crippen LogP contribution >= 0.6 is 0 Å². The lowest BCUT2D eigenvalue weighted by Gasteiger charge is -2.25. The number of aliphatic hydroxyl groups excluding tert-OH is 1. The standard InChI is InChI=1S/C13H24N2O2/c16-10-9-15(12-5-6-12)13(17)7-4-11-3-1-2-8-14-11/h11-12,14,16H,1-10H2. The summed E-state index contributed by atoms with van der Waals surface area (Å²) in [6.07, 6.45) is 7.58. The van der Waals surface area contributed by atoms with E-state index in [1.54, 1.807) is 0 Å². The van der Waals surface area contributed by atoms with Gasteiger partial charge in [-0.2, -0.15) is 0 Å². The summed E-state index contributed by atoms with van der Waals surface area (Å²) in [6.45, 7) is 1.70. The summed E-state index contributed by atoms with van der Waals surface area (Å²) in [5.41, 5.74) is 0. The van der Waals surface area contributed by atoms with Crippen LogP contribution in [0.2, 0.25) is 0 Å². The molecule has 4 nitrogen and oxygen atoms in total. The molecule has 4 heteroatoms. The van der Waals surface area contributed by atoms with Gasteiger partial charge in [0.25, 0.3) is 0 Å². The molecule has 1 aliphatic heterocycles. The van der Waals surface area contributed by atoms with E-state index in [-0.39, 0.29) is 12.5 Å². The summed E-state index contributed by atoms with van der Waals surface area (Å²) >= 11 is 0. The van der Waals surface area contributed by atoms with Gasteiger partial charge in [0.15, 0.2) is 0 Å². The molecule has 0 aromatic carbocycles. The van der Waals surface area contributed by atoms with Gasteiger partial charge >= 0.3 is 0 Å². The van der Waals surface area contributed by atoms with E-state index >= 15 is 0 Å². The van der Waals surface area contributed by atoms with Crippen LogP contribution in [-0.2, 0) is 4.79 Å². The highest BCUT2D eigenvalue weighted by Crippen LogP contribution is 2.27. The maximum Gasteiger partial charge on any atom is 0.222 e. The number of hydrogen-bond acceptors (Lipinski definition) is 3. The molecular formula is C13H24N2O2. The van der Waals surface area contributed by atoms with Crippen LogP contribution in [0.4, 0.5) is 0 Å². The fourth-order valence-electron chi connectivity index (χ4n) is 2.62. The van der Waals surface area contributed by atoms with Crippen LogP contribution in [0.5, 0.6) is 0 Å². The fraction of sp³-hybridized carbons (Fsp3) is 0.923. The normalized spacial score (nSPS) is 24.6. The first-order chi connectivity index (χ1) is 8.31. The molecule has 2 N–H and O–H groups in total. The summed E-state index contributed by atoms with van der Waals surface area (Å²) in [7, 11) is 0. The first kappa shape index (κ1) is 12.8. The first-order valence-corrected chi connectivity index (χ1v) is 6.95. The van der Waals surface area contributed by atoms with Gasteiger partial charge in [-0.3, -0.25) is 4.79 Å². The summed E-state index contributed by atoms with van der Waals surface area (Å²) in [4.78, 5) is 13.9. The van der Waals surface area contributed by atoms with E-state index in [2.05, 4.69) is 5.32 Å². The largest absolute Gasteiger partial charge is 0.395 e. The van der Waals surface area contributed by atoms with E-state index in [1.807, 2.05) is 4.90 Å². The number of amides is 1. The molecule has 17 heavy (non-hydrogen) atoms. The number of aliphatic hydroxyl groups is 1. The van der Waals surface area contributed by atoms with Crippen molar-refractivity contribution in [1.82, 2.24) is 10.2 Å². The van der Waals surface area contributed by atoms with Gasteiger partial charge in [-0.25, -0.2) is 0 Å². The minimum Gasteiger partial charge on any atom is -0.395 e. The SMILES string of the molecule is O=C(CCC1CCCCN1)N(CCO)C1CC1. The molecule has 1 aliphatic carbocycles. The average molecular weight is 240 g/mol. The van der Waals surface area contributed by atoms with Crippen LogP contribution in [0.1, 0.15) is 44.9 Å². The van der Waals surface area contributed by atoms with Gasteiger partial charge in [-0.1, -0.05) is 6.42 Å². The predicted molar refractivity (Wildman–Crippen MR) is 66.7 cm³/mol. The van der Waals surface area contributed by atoms with E-state index in [4.69, 9.17) is 5.11 Å². The molecule has 1 amide bonds. The number of nitrogens with one attached hydrogen (secondary N) is 1. The highest BCUT2D eigenvalue weighted by atomic mass is 16.3. The Balaban J connectivity index is 1.70. The van der Waals surface area contributed by atoms with E-state index in [0.717, 1.165) is 25.8 Å². The molecule has 0 aromatic heterocycles. The summed E-state index contributed by atoms with van der Waals surface area (Å²) in [5.74, 6) is 0.230. The van der Waals surface area contributed by atoms with Crippen LogP contribution in [0.15, 0.2) is 0 Å². The lowest BCUT2D eigenvalue weighted by Crippen LogP contribution is -2.38. The van der Waals surface area contributed by atoms with Crippen molar-refractivity contribution in [2.75, 3.05) is 19.7 Å². The Morgan fingerprint density at radius 1 is 1.29 bits per heavy atom. The zero-order valence-electron chi connectivity index (χ0n) is 10.5. The second kappa shape index (κ2) is 6.36. The lowest BCUT2D eigenvalue weighted by molar-refractivity contribution is -0.132. The van der Waals surface area contributed by atoms with Crippen LogP contribution < -0.4 is 5.32 Å². The van der Waals surface area contributed by atoms with Gasteiger partial charge in [0, 0.05) is 25.0 Å². The van der Waals surface area contributed by atoms with Crippen molar-refractivity contribution in [1.29, 1.82) is 0 Å². The van der Waals surface area contributed by atoms with Crippen molar-refractivity contribution in [3.8, 4) is 0 Å². The second-order valence-electron chi connectivity index (χ2n) is 5.23. The molecule has 2 rings (SSSR count). The Morgan fingerprint density at radius 3 is 2.71 bits per heavy atom. The molecular weight excluding hydrogens is 216 g/mol. The molecule has 1 unspecified atom stereocenters. The minimum absolute atomic E-state index is 0.0872.